The molecule has 3 rings (SSSR count). The van der Waals surface area contributed by atoms with Crippen molar-refractivity contribution in [3.05, 3.63) is 21.4 Å². The Kier molecular flexibility index (Phi) is 4.69. The first-order chi connectivity index (χ1) is 10.1. The van der Waals surface area contributed by atoms with Gasteiger partial charge in [-0.25, -0.2) is 0 Å². The molecule has 0 saturated carbocycles. The van der Waals surface area contributed by atoms with Gasteiger partial charge in [-0.1, -0.05) is 6.92 Å². The molecular weight excluding hydrogens is 282 g/mol. The molecule has 2 aliphatic heterocycles. The summed E-state index contributed by atoms with van der Waals surface area (Å²) < 4.78 is 11.7. The number of nitrogens with one attached hydrogen (secondary N) is 1. The van der Waals surface area contributed by atoms with Gasteiger partial charge in [0.15, 0.2) is 0 Å². The summed E-state index contributed by atoms with van der Waals surface area (Å²) in [5, 5.41) is 3.73. The molecule has 4 heteroatoms. The van der Waals surface area contributed by atoms with E-state index in [1.54, 1.807) is 0 Å². The van der Waals surface area contributed by atoms with Crippen LogP contribution < -0.4 is 5.32 Å². The monoisotopic (exact) mass is 309 g/mol. The van der Waals surface area contributed by atoms with Gasteiger partial charge >= 0.3 is 0 Å². The van der Waals surface area contributed by atoms with Crippen molar-refractivity contribution in [2.24, 2.45) is 5.92 Å². The van der Waals surface area contributed by atoms with Gasteiger partial charge in [-0.15, -0.1) is 11.3 Å². The molecule has 118 valence electrons. The zero-order valence-electron chi connectivity index (χ0n) is 13.4. The molecular formula is C17H27NO2S. The van der Waals surface area contributed by atoms with Crippen molar-refractivity contribution in [3.8, 4) is 0 Å². The molecule has 1 aromatic rings. The van der Waals surface area contributed by atoms with Crippen LogP contribution in [0.2, 0.25) is 0 Å². The van der Waals surface area contributed by atoms with E-state index in [1.165, 1.54) is 15.3 Å². The van der Waals surface area contributed by atoms with Crippen LogP contribution in [0.4, 0.5) is 0 Å². The fourth-order valence-corrected chi connectivity index (χ4v) is 4.90. The standard InChI is InChI=1S/C17H27NO2S/c1-4-18-16(15-9-12(2)13(3)21-15)14-5-7-20-17(10-14)6-8-19-11-17/h9,14,16,18H,4-8,10-11H2,1-3H3. The van der Waals surface area contributed by atoms with Gasteiger partial charge in [-0.05, 0) is 50.8 Å². The fraction of sp³-hybridized carbons (Fsp3) is 0.765. The van der Waals surface area contributed by atoms with Crippen LogP contribution in [0, 0.1) is 19.8 Å². The van der Waals surface area contributed by atoms with Crippen LogP contribution >= 0.6 is 11.3 Å². The molecule has 2 fully saturated rings. The SMILES string of the molecule is CCNC(c1cc(C)c(C)s1)C1CCOC2(CCOC2)C1. The minimum atomic E-state index is -0.00205. The molecule has 0 amide bonds. The molecule has 3 heterocycles. The number of hydrogen-bond acceptors (Lipinski definition) is 4. The molecule has 1 spiro atoms. The number of ether oxygens (including phenoxy) is 2. The quantitative estimate of drug-likeness (QED) is 0.922. The van der Waals surface area contributed by atoms with Gasteiger partial charge in [0.05, 0.1) is 12.2 Å². The highest BCUT2D eigenvalue weighted by molar-refractivity contribution is 7.12. The van der Waals surface area contributed by atoms with Gasteiger partial charge < -0.3 is 14.8 Å². The number of rotatable bonds is 4. The average Bonchev–Trinajstić information content (AvgIpc) is 3.04. The Morgan fingerprint density at radius 3 is 2.90 bits per heavy atom. The highest BCUT2D eigenvalue weighted by Crippen LogP contribution is 2.42. The molecule has 3 atom stereocenters. The number of aryl methyl sites for hydroxylation is 2. The van der Waals surface area contributed by atoms with Gasteiger partial charge in [0, 0.05) is 35.4 Å². The Bertz CT molecular complexity index is 460. The Morgan fingerprint density at radius 1 is 1.43 bits per heavy atom. The van der Waals surface area contributed by atoms with Gasteiger partial charge in [-0.2, -0.15) is 0 Å². The zero-order chi connectivity index (χ0) is 14.9. The summed E-state index contributed by atoms with van der Waals surface area (Å²) in [6.07, 6.45) is 3.33. The van der Waals surface area contributed by atoms with Crippen LogP contribution in [-0.4, -0.2) is 32.0 Å². The van der Waals surface area contributed by atoms with E-state index in [-0.39, 0.29) is 5.60 Å². The van der Waals surface area contributed by atoms with E-state index in [4.69, 9.17) is 9.47 Å². The molecule has 1 aromatic heterocycles. The zero-order valence-corrected chi connectivity index (χ0v) is 14.2. The van der Waals surface area contributed by atoms with Gasteiger partial charge in [0.2, 0.25) is 0 Å². The van der Waals surface area contributed by atoms with Crippen molar-refractivity contribution in [3.63, 3.8) is 0 Å². The second-order valence-electron chi connectivity index (χ2n) is 6.51. The summed E-state index contributed by atoms with van der Waals surface area (Å²) in [5.41, 5.74) is 1.42. The van der Waals surface area contributed by atoms with Crippen LogP contribution in [0.25, 0.3) is 0 Å². The van der Waals surface area contributed by atoms with Crippen molar-refractivity contribution in [2.45, 2.75) is 51.7 Å². The molecule has 3 nitrogen and oxygen atoms in total. The van der Waals surface area contributed by atoms with Crippen LogP contribution in [-0.2, 0) is 9.47 Å². The largest absolute Gasteiger partial charge is 0.378 e. The molecule has 21 heavy (non-hydrogen) atoms. The molecule has 3 unspecified atom stereocenters. The third-order valence-corrected chi connectivity index (χ3v) is 6.22. The molecule has 0 radical (unpaired) electrons. The van der Waals surface area contributed by atoms with Gasteiger partial charge in [0.1, 0.15) is 0 Å². The highest BCUT2D eigenvalue weighted by Gasteiger charge is 2.43. The van der Waals surface area contributed by atoms with E-state index in [1.807, 2.05) is 11.3 Å². The summed E-state index contributed by atoms with van der Waals surface area (Å²) in [7, 11) is 0. The van der Waals surface area contributed by atoms with E-state index in [2.05, 4.69) is 32.2 Å². The first-order valence-electron chi connectivity index (χ1n) is 8.15. The number of hydrogen-bond donors (Lipinski definition) is 1. The van der Waals surface area contributed by atoms with Crippen LogP contribution in [0.1, 0.15) is 47.5 Å². The topological polar surface area (TPSA) is 30.5 Å². The molecule has 0 aliphatic carbocycles. The second kappa shape index (κ2) is 6.37. The lowest BCUT2D eigenvalue weighted by molar-refractivity contribution is -0.103. The Balaban J connectivity index is 1.79. The predicted molar refractivity (Wildman–Crippen MR) is 87.1 cm³/mol. The maximum atomic E-state index is 6.10. The predicted octanol–water partition coefficient (Wildman–Crippen LogP) is 3.60. The van der Waals surface area contributed by atoms with E-state index >= 15 is 0 Å². The fourth-order valence-electron chi connectivity index (χ4n) is 3.69. The summed E-state index contributed by atoms with van der Waals surface area (Å²) in [6.45, 7) is 10.2. The Labute approximate surface area is 132 Å². The van der Waals surface area contributed by atoms with Crippen molar-refractivity contribution < 1.29 is 9.47 Å². The Morgan fingerprint density at radius 2 is 2.29 bits per heavy atom. The molecule has 2 aliphatic rings. The van der Waals surface area contributed by atoms with Gasteiger partial charge in [-0.3, -0.25) is 0 Å². The Hall–Kier alpha value is -0.420. The normalized spacial score (nSPS) is 30.9. The van der Waals surface area contributed by atoms with E-state index in [0.717, 1.165) is 45.6 Å². The smallest absolute Gasteiger partial charge is 0.0940 e. The second-order valence-corrected chi connectivity index (χ2v) is 7.80. The molecule has 0 bridgehead atoms. The van der Waals surface area contributed by atoms with Gasteiger partial charge in [0.25, 0.3) is 0 Å². The lowest BCUT2D eigenvalue weighted by Crippen LogP contribution is -2.44. The maximum absolute atomic E-state index is 6.10. The average molecular weight is 309 g/mol. The van der Waals surface area contributed by atoms with Crippen molar-refractivity contribution in [2.75, 3.05) is 26.4 Å². The van der Waals surface area contributed by atoms with Crippen molar-refractivity contribution in [1.82, 2.24) is 5.32 Å². The minimum Gasteiger partial charge on any atom is -0.378 e. The lowest BCUT2D eigenvalue weighted by atomic mass is 9.80. The molecule has 0 aromatic carbocycles. The first-order valence-corrected chi connectivity index (χ1v) is 8.97. The third-order valence-electron chi connectivity index (χ3n) is 4.99. The summed E-state index contributed by atoms with van der Waals surface area (Å²) in [5.74, 6) is 0.651. The summed E-state index contributed by atoms with van der Waals surface area (Å²) in [4.78, 5) is 2.94. The van der Waals surface area contributed by atoms with Crippen molar-refractivity contribution in [1.29, 1.82) is 0 Å². The lowest BCUT2D eigenvalue weighted by Gasteiger charge is -2.40. The summed E-state index contributed by atoms with van der Waals surface area (Å²) in [6, 6.07) is 2.84. The van der Waals surface area contributed by atoms with Crippen LogP contribution in [0.15, 0.2) is 6.07 Å². The van der Waals surface area contributed by atoms with Crippen molar-refractivity contribution >= 4 is 11.3 Å². The minimum absolute atomic E-state index is 0.00205. The van der Waals surface area contributed by atoms with E-state index < -0.39 is 0 Å². The molecule has 1 N–H and O–H groups in total. The first kappa shape index (κ1) is 15.5. The van der Waals surface area contributed by atoms with E-state index in [0.29, 0.717) is 12.0 Å². The highest BCUT2D eigenvalue weighted by atomic mass is 32.1. The maximum Gasteiger partial charge on any atom is 0.0940 e. The third kappa shape index (κ3) is 3.19. The van der Waals surface area contributed by atoms with E-state index in [9.17, 15) is 0 Å². The molecule has 2 saturated heterocycles. The number of thiophene rings is 1. The summed E-state index contributed by atoms with van der Waals surface area (Å²) >= 11 is 1.95. The van der Waals surface area contributed by atoms with Crippen LogP contribution in [0.3, 0.4) is 0 Å². The van der Waals surface area contributed by atoms with Crippen LogP contribution in [0.5, 0.6) is 0 Å².